The van der Waals surface area contributed by atoms with Crippen LogP contribution in [-0.4, -0.2) is 19.9 Å². The SMILES string of the molecule is [2H]c1c([2H])c(C(c2ccc[nH]2)c2ccc[nH]2)c([2H])c([2H])c1C(c1ccc[nH]1)c1ccc[nH]1. The number of aromatic amines is 4. The first-order chi connectivity index (χ1) is 15.6. The number of aromatic nitrogens is 4. The van der Waals surface area contributed by atoms with E-state index in [4.69, 9.17) is 5.48 Å². The lowest BCUT2D eigenvalue weighted by molar-refractivity contribution is 0.879. The van der Waals surface area contributed by atoms with Gasteiger partial charge in [-0.25, -0.2) is 0 Å². The molecule has 0 amide bonds. The summed E-state index contributed by atoms with van der Waals surface area (Å²) in [6.45, 7) is 0. The molecule has 0 unspecified atom stereocenters. The van der Waals surface area contributed by atoms with Crippen LogP contribution in [0.4, 0.5) is 0 Å². The first-order valence-corrected chi connectivity index (χ1v) is 9.21. The highest BCUT2D eigenvalue weighted by Crippen LogP contribution is 2.34. The van der Waals surface area contributed by atoms with Gasteiger partial charge in [0.2, 0.25) is 0 Å². The molecule has 0 saturated heterocycles. The van der Waals surface area contributed by atoms with E-state index in [1.54, 1.807) is 24.8 Å². The third kappa shape index (κ3) is 2.99. The van der Waals surface area contributed by atoms with Crippen molar-refractivity contribution in [2.45, 2.75) is 11.8 Å². The summed E-state index contributed by atoms with van der Waals surface area (Å²) in [5.41, 5.74) is 3.87. The van der Waals surface area contributed by atoms with Gasteiger partial charge < -0.3 is 19.9 Å². The lowest BCUT2D eigenvalue weighted by Crippen LogP contribution is -2.07. The quantitative estimate of drug-likeness (QED) is 0.311. The van der Waals surface area contributed by atoms with Crippen LogP contribution in [0.2, 0.25) is 0 Å². The number of nitrogens with one attached hydrogen (secondary N) is 4. The molecule has 0 aliphatic heterocycles. The molecule has 1 aromatic carbocycles. The maximum Gasteiger partial charge on any atom is 0.0641 e. The highest BCUT2D eigenvalue weighted by Gasteiger charge is 2.21. The Morgan fingerprint density at radius 2 is 0.786 bits per heavy atom. The third-order valence-electron chi connectivity index (χ3n) is 4.97. The molecule has 0 bridgehead atoms. The minimum atomic E-state index is -0.475. The summed E-state index contributed by atoms with van der Waals surface area (Å²) >= 11 is 0. The van der Waals surface area contributed by atoms with Crippen LogP contribution in [0.15, 0.2) is 97.5 Å². The minimum Gasteiger partial charge on any atom is -0.364 e. The Balaban J connectivity index is 1.76. The molecule has 0 radical (unpaired) electrons. The molecule has 4 N–H and O–H groups in total. The number of benzene rings is 1. The molecule has 0 saturated carbocycles. The minimum absolute atomic E-state index is 0.0432. The van der Waals surface area contributed by atoms with E-state index < -0.39 is 11.8 Å². The smallest absolute Gasteiger partial charge is 0.0641 e. The van der Waals surface area contributed by atoms with E-state index in [9.17, 15) is 0 Å². The van der Waals surface area contributed by atoms with Gasteiger partial charge >= 0.3 is 0 Å². The molecule has 4 heteroatoms. The fourth-order valence-corrected chi connectivity index (χ4v) is 3.67. The first kappa shape index (κ1) is 12.7. The molecule has 0 aliphatic rings. The predicted molar refractivity (Wildman–Crippen MR) is 112 cm³/mol. The summed E-state index contributed by atoms with van der Waals surface area (Å²) in [5, 5.41) is 0. The summed E-state index contributed by atoms with van der Waals surface area (Å²) in [5.74, 6) is -0.951. The number of rotatable bonds is 6. The van der Waals surface area contributed by atoms with Gasteiger partial charge in [0.25, 0.3) is 0 Å². The summed E-state index contributed by atoms with van der Waals surface area (Å²) < 4.78 is 35.7. The molecule has 5 rings (SSSR count). The van der Waals surface area contributed by atoms with Gasteiger partial charge in [0, 0.05) is 47.6 Å². The second kappa shape index (κ2) is 7.16. The van der Waals surface area contributed by atoms with Gasteiger partial charge in [0.15, 0.2) is 0 Å². The molecule has 0 fully saturated rings. The number of hydrogen-bond acceptors (Lipinski definition) is 0. The van der Waals surface area contributed by atoms with Gasteiger partial charge in [-0.05, 0) is 59.7 Å². The third-order valence-corrected chi connectivity index (χ3v) is 4.97. The van der Waals surface area contributed by atoms with Gasteiger partial charge in [-0.1, -0.05) is 24.2 Å². The van der Waals surface area contributed by atoms with Crippen LogP contribution in [0.1, 0.15) is 51.2 Å². The van der Waals surface area contributed by atoms with E-state index in [-0.39, 0.29) is 24.2 Å². The van der Waals surface area contributed by atoms with Crippen molar-refractivity contribution in [3.05, 3.63) is 131 Å². The molecule has 4 heterocycles. The van der Waals surface area contributed by atoms with Crippen molar-refractivity contribution in [2.75, 3.05) is 0 Å². The summed E-state index contributed by atoms with van der Waals surface area (Å²) in [4.78, 5) is 12.7. The maximum absolute atomic E-state index is 8.91. The Morgan fingerprint density at radius 1 is 0.500 bits per heavy atom. The van der Waals surface area contributed by atoms with Gasteiger partial charge in [-0.2, -0.15) is 0 Å². The highest BCUT2D eigenvalue weighted by atomic mass is 14.8. The zero-order valence-electron chi connectivity index (χ0n) is 19.1. The molecule has 4 aromatic heterocycles. The van der Waals surface area contributed by atoms with Crippen molar-refractivity contribution in [3.63, 3.8) is 0 Å². The van der Waals surface area contributed by atoms with Gasteiger partial charge in [-0.15, -0.1) is 0 Å². The van der Waals surface area contributed by atoms with Crippen LogP contribution in [0, 0.1) is 0 Å². The first-order valence-electron chi connectivity index (χ1n) is 11.2. The van der Waals surface area contributed by atoms with Crippen molar-refractivity contribution in [1.29, 1.82) is 0 Å². The largest absolute Gasteiger partial charge is 0.364 e. The van der Waals surface area contributed by atoms with Crippen molar-refractivity contribution < 1.29 is 5.48 Å². The van der Waals surface area contributed by atoms with Gasteiger partial charge in [0.05, 0.1) is 17.3 Å². The van der Waals surface area contributed by atoms with Crippen molar-refractivity contribution in [2.24, 2.45) is 0 Å². The van der Waals surface area contributed by atoms with E-state index in [1.165, 1.54) is 0 Å². The molecular weight excluding hydrogens is 344 g/mol. The monoisotopic (exact) mass is 370 g/mol. The van der Waals surface area contributed by atoms with E-state index in [0.29, 0.717) is 11.1 Å². The molecule has 0 atom stereocenters. The Bertz CT molecular complexity index is 1100. The molecule has 138 valence electrons. The zero-order valence-corrected chi connectivity index (χ0v) is 15.1. The topological polar surface area (TPSA) is 63.2 Å². The van der Waals surface area contributed by atoms with Crippen molar-refractivity contribution in [1.82, 2.24) is 19.9 Å². The van der Waals surface area contributed by atoms with Crippen LogP contribution < -0.4 is 0 Å². The lowest BCUT2D eigenvalue weighted by Gasteiger charge is -2.19. The Kier molecular flexibility index (Phi) is 3.24. The van der Waals surface area contributed by atoms with Crippen LogP contribution in [0.25, 0.3) is 0 Å². The fraction of sp³-hybridized carbons (Fsp3) is 0.0833. The van der Waals surface area contributed by atoms with Crippen LogP contribution >= 0.6 is 0 Å². The highest BCUT2D eigenvalue weighted by molar-refractivity contribution is 5.43. The maximum atomic E-state index is 8.91. The van der Waals surface area contributed by atoms with Crippen molar-refractivity contribution >= 4 is 0 Å². The normalized spacial score (nSPS) is 13.5. The van der Waals surface area contributed by atoms with Crippen LogP contribution in [0.3, 0.4) is 0 Å². The second-order valence-electron chi connectivity index (χ2n) is 6.70. The van der Waals surface area contributed by atoms with Crippen LogP contribution in [0.5, 0.6) is 0 Å². The fourth-order valence-electron chi connectivity index (χ4n) is 3.67. The van der Waals surface area contributed by atoms with E-state index >= 15 is 0 Å². The van der Waals surface area contributed by atoms with E-state index in [0.717, 1.165) is 22.8 Å². The Labute approximate surface area is 169 Å². The predicted octanol–water partition coefficient (Wildman–Crippen LogP) is 5.36. The van der Waals surface area contributed by atoms with Gasteiger partial charge in [-0.3, -0.25) is 0 Å². The number of hydrogen-bond donors (Lipinski definition) is 4. The number of H-pyrrole nitrogens is 4. The lowest BCUT2D eigenvalue weighted by atomic mass is 9.88. The summed E-state index contributed by atoms with van der Waals surface area (Å²) in [6, 6.07) is 14.9. The Morgan fingerprint density at radius 3 is 1.00 bits per heavy atom. The molecule has 28 heavy (non-hydrogen) atoms. The molecule has 0 spiro atoms. The van der Waals surface area contributed by atoms with Gasteiger partial charge in [0.1, 0.15) is 0 Å². The average molecular weight is 370 g/mol. The van der Waals surface area contributed by atoms with Crippen molar-refractivity contribution in [3.8, 4) is 0 Å². The molecule has 4 nitrogen and oxygen atoms in total. The zero-order chi connectivity index (χ0) is 22.2. The van der Waals surface area contributed by atoms with Crippen LogP contribution in [-0.2, 0) is 0 Å². The Hall–Kier alpha value is -3.66. The second-order valence-corrected chi connectivity index (χ2v) is 6.70. The average Bonchev–Trinajstić information content (AvgIpc) is 3.60. The van der Waals surface area contributed by atoms with E-state index in [2.05, 4.69) is 19.9 Å². The molecular formula is C24H22N4. The molecule has 5 aromatic rings. The summed E-state index contributed by atoms with van der Waals surface area (Å²) in [7, 11) is 0. The summed E-state index contributed by atoms with van der Waals surface area (Å²) in [6.07, 6.45) is 7.18. The molecule has 0 aliphatic carbocycles. The van der Waals surface area contributed by atoms with E-state index in [1.807, 2.05) is 48.5 Å². The standard InChI is InChI=1S/C24H22N4/c1-5-19(25-13-1)23(20-6-2-14-26-20)17-9-11-18(12-10-17)24(21-7-3-15-27-21)22-8-4-16-28-22/h1-16,23-28H/i9D,10D,11D,12D.